The second kappa shape index (κ2) is 7.39. The highest BCUT2D eigenvalue weighted by molar-refractivity contribution is 6.25. The molecular weight excluding hydrogens is 253 g/mol. The first-order chi connectivity index (χ1) is 8.52. The molecule has 100 valence electrons. The maximum absolute atomic E-state index is 13.2. The lowest BCUT2D eigenvalue weighted by Crippen LogP contribution is -2.22. The Labute approximate surface area is 113 Å². The summed E-state index contributed by atoms with van der Waals surface area (Å²) >= 11 is 5.57. The molecule has 1 aromatic rings. The molecule has 0 heterocycles. The molecule has 0 saturated carbocycles. The highest BCUT2D eigenvalue weighted by Gasteiger charge is 2.06. The molecule has 18 heavy (non-hydrogen) atoms. The van der Waals surface area contributed by atoms with E-state index in [1.807, 2.05) is 20.8 Å². The van der Waals surface area contributed by atoms with Gasteiger partial charge in [0, 0.05) is 23.7 Å². The molecule has 0 aliphatic rings. The molecular formula is C14H19ClFNO. The molecule has 0 saturated heterocycles. The zero-order valence-electron chi connectivity index (χ0n) is 11.0. The minimum atomic E-state index is -0.257. The van der Waals surface area contributed by atoms with E-state index in [0.717, 1.165) is 11.1 Å². The monoisotopic (exact) mass is 271 g/mol. The summed E-state index contributed by atoms with van der Waals surface area (Å²) in [7, 11) is 0. The minimum Gasteiger partial charge on any atom is -0.489 e. The van der Waals surface area contributed by atoms with Gasteiger partial charge in [-0.15, -0.1) is 0 Å². The van der Waals surface area contributed by atoms with Gasteiger partial charge in [-0.25, -0.2) is 4.39 Å². The highest BCUT2D eigenvalue weighted by Crippen LogP contribution is 2.20. The lowest BCUT2D eigenvalue weighted by Gasteiger charge is -2.14. The molecule has 0 aliphatic carbocycles. The fourth-order valence-corrected chi connectivity index (χ4v) is 1.43. The standard InChI is InChI=1S/C14H19ClFNO/c1-10(2)17-8-12-6-13(16)4-5-14(12)18-9-11(3)7-15/h4-7,10,17H,8-9H2,1-3H3/b11-7+. The first kappa shape index (κ1) is 15.0. The summed E-state index contributed by atoms with van der Waals surface area (Å²) in [5.74, 6) is 0.426. The van der Waals surface area contributed by atoms with Crippen molar-refractivity contribution in [1.82, 2.24) is 5.32 Å². The van der Waals surface area contributed by atoms with Crippen LogP contribution in [0, 0.1) is 5.82 Å². The van der Waals surface area contributed by atoms with E-state index in [2.05, 4.69) is 5.32 Å². The topological polar surface area (TPSA) is 21.3 Å². The van der Waals surface area contributed by atoms with Gasteiger partial charge in [-0.05, 0) is 30.7 Å². The molecule has 1 rings (SSSR count). The number of nitrogens with one attached hydrogen (secondary N) is 1. The SMILES string of the molecule is C/C(=C\Cl)COc1ccc(F)cc1CNC(C)C. The molecule has 1 N–H and O–H groups in total. The minimum absolute atomic E-state index is 0.257. The summed E-state index contributed by atoms with van der Waals surface area (Å²) in [6, 6.07) is 4.87. The van der Waals surface area contributed by atoms with Gasteiger partial charge in [0.2, 0.25) is 0 Å². The molecule has 0 aromatic heterocycles. The zero-order valence-corrected chi connectivity index (χ0v) is 11.7. The highest BCUT2D eigenvalue weighted by atomic mass is 35.5. The number of benzene rings is 1. The van der Waals surface area contributed by atoms with E-state index in [1.165, 1.54) is 17.7 Å². The van der Waals surface area contributed by atoms with Crippen LogP contribution >= 0.6 is 11.6 Å². The maximum Gasteiger partial charge on any atom is 0.124 e. The van der Waals surface area contributed by atoms with Crippen molar-refractivity contribution in [2.75, 3.05) is 6.61 Å². The van der Waals surface area contributed by atoms with Gasteiger partial charge in [-0.1, -0.05) is 25.4 Å². The summed E-state index contributed by atoms with van der Waals surface area (Å²) < 4.78 is 18.8. The Morgan fingerprint density at radius 3 is 2.83 bits per heavy atom. The predicted molar refractivity (Wildman–Crippen MR) is 73.5 cm³/mol. The van der Waals surface area contributed by atoms with Crippen molar-refractivity contribution < 1.29 is 9.13 Å². The fourth-order valence-electron chi connectivity index (χ4n) is 1.36. The van der Waals surface area contributed by atoms with E-state index in [1.54, 1.807) is 6.07 Å². The van der Waals surface area contributed by atoms with Crippen LogP contribution in [0.25, 0.3) is 0 Å². The Morgan fingerprint density at radius 1 is 1.50 bits per heavy atom. The van der Waals surface area contributed by atoms with Crippen LogP contribution in [-0.4, -0.2) is 12.6 Å². The van der Waals surface area contributed by atoms with Gasteiger partial charge in [-0.2, -0.15) is 0 Å². The molecule has 0 amide bonds. The molecule has 0 unspecified atom stereocenters. The van der Waals surface area contributed by atoms with Crippen LogP contribution < -0.4 is 10.1 Å². The molecule has 4 heteroatoms. The molecule has 1 aromatic carbocycles. The summed E-state index contributed by atoms with van der Waals surface area (Å²) in [4.78, 5) is 0. The van der Waals surface area contributed by atoms with Gasteiger partial charge in [0.1, 0.15) is 18.2 Å². The lowest BCUT2D eigenvalue weighted by atomic mass is 10.2. The third kappa shape index (κ3) is 5.07. The molecule has 0 fully saturated rings. The molecule has 0 bridgehead atoms. The van der Waals surface area contributed by atoms with Crippen molar-refractivity contribution in [3.05, 3.63) is 40.7 Å². The Morgan fingerprint density at radius 2 is 2.22 bits per heavy atom. The van der Waals surface area contributed by atoms with Gasteiger partial charge >= 0.3 is 0 Å². The van der Waals surface area contributed by atoms with Crippen molar-refractivity contribution >= 4 is 11.6 Å². The smallest absolute Gasteiger partial charge is 0.124 e. The van der Waals surface area contributed by atoms with Crippen molar-refractivity contribution in [2.45, 2.75) is 33.4 Å². The summed E-state index contributed by atoms with van der Waals surface area (Å²) in [6.07, 6.45) is 0. The van der Waals surface area contributed by atoms with E-state index in [-0.39, 0.29) is 5.82 Å². The van der Waals surface area contributed by atoms with Gasteiger partial charge in [-0.3, -0.25) is 0 Å². The molecule has 0 aliphatic heterocycles. The number of ether oxygens (including phenoxy) is 1. The Bertz CT molecular complexity index is 418. The van der Waals surface area contributed by atoms with Crippen LogP contribution in [0.3, 0.4) is 0 Å². The average Bonchev–Trinajstić information content (AvgIpc) is 2.34. The van der Waals surface area contributed by atoms with Gasteiger partial charge in [0.05, 0.1) is 0 Å². The lowest BCUT2D eigenvalue weighted by molar-refractivity contribution is 0.346. The summed E-state index contributed by atoms with van der Waals surface area (Å²) in [6.45, 7) is 6.95. The maximum atomic E-state index is 13.2. The van der Waals surface area contributed by atoms with Crippen LogP contribution in [0.2, 0.25) is 0 Å². The number of hydrogen-bond acceptors (Lipinski definition) is 2. The van der Waals surface area contributed by atoms with Crippen LogP contribution in [-0.2, 0) is 6.54 Å². The normalized spacial score (nSPS) is 12.0. The average molecular weight is 272 g/mol. The van der Waals surface area contributed by atoms with E-state index >= 15 is 0 Å². The van der Waals surface area contributed by atoms with Gasteiger partial charge in [0.25, 0.3) is 0 Å². The van der Waals surface area contributed by atoms with Crippen molar-refractivity contribution in [1.29, 1.82) is 0 Å². The van der Waals surface area contributed by atoms with E-state index in [9.17, 15) is 4.39 Å². The van der Waals surface area contributed by atoms with E-state index in [4.69, 9.17) is 16.3 Å². The Balaban J connectivity index is 2.76. The Kier molecular flexibility index (Phi) is 6.16. The third-order valence-electron chi connectivity index (χ3n) is 2.36. The van der Waals surface area contributed by atoms with Crippen molar-refractivity contribution in [2.24, 2.45) is 0 Å². The molecule has 0 radical (unpaired) electrons. The Hall–Kier alpha value is -1.06. The van der Waals surface area contributed by atoms with Gasteiger partial charge in [0.15, 0.2) is 0 Å². The van der Waals surface area contributed by atoms with E-state index < -0.39 is 0 Å². The second-order valence-electron chi connectivity index (χ2n) is 4.53. The molecule has 0 atom stereocenters. The summed E-state index contributed by atoms with van der Waals surface area (Å²) in [5.41, 5.74) is 3.21. The molecule has 0 spiro atoms. The first-order valence-electron chi connectivity index (χ1n) is 5.93. The predicted octanol–water partition coefficient (Wildman–Crippen LogP) is 3.85. The van der Waals surface area contributed by atoms with Crippen LogP contribution in [0.4, 0.5) is 4.39 Å². The van der Waals surface area contributed by atoms with Crippen LogP contribution in [0.15, 0.2) is 29.3 Å². The van der Waals surface area contributed by atoms with Gasteiger partial charge < -0.3 is 10.1 Å². The number of rotatable bonds is 6. The summed E-state index contributed by atoms with van der Waals surface area (Å²) in [5, 5.41) is 3.24. The first-order valence-corrected chi connectivity index (χ1v) is 6.37. The fraction of sp³-hybridized carbons (Fsp3) is 0.429. The van der Waals surface area contributed by atoms with Crippen LogP contribution in [0.5, 0.6) is 5.75 Å². The van der Waals surface area contributed by atoms with Crippen molar-refractivity contribution in [3.8, 4) is 5.75 Å². The van der Waals surface area contributed by atoms with Crippen LogP contribution in [0.1, 0.15) is 26.3 Å². The van der Waals surface area contributed by atoms with E-state index in [0.29, 0.717) is 24.9 Å². The number of hydrogen-bond donors (Lipinski definition) is 1. The quantitative estimate of drug-likeness (QED) is 0.849. The molecule has 2 nitrogen and oxygen atoms in total. The third-order valence-corrected chi connectivity index (χ3v) is 2.74. The second-order valence-corrected chi connectivity index (χ2v) is 4.75. The zero-order chi connectivity index (χ0) is 13.5. The van der Waals surface area contributed by atoms with Crippen molar-refractivity contribution in [3.63, 3.8) is 0 Å². The number of halogens is 2. The largest absolute Gasteiger partial charge is 0.489 e.